The Bertz CT molecular complexity index is 250. The molecule has 80 valence electrons. The third-order valence-electron chi connectivity index (χ3n) is 5.23. The molecule has 1 heterocycles. The Morgan fingerprint density at radius 1 is 1.29 bits per heavy atom. The molecule has 2 aliphatic carbocycles. The van der Waals surface area contributed by atoms with Crippen molar-refractivity contribution in [2.45, 2.75) is 70.5 Å². The first kappa shape index (κ1) is 9.21. The summed E-state index contributed by atoms with van der Waals surface area (Å²) in [5.74, 6) is 1.00. The summed E-state index contributed by atoms with van der Waals surface area (Å²) in [7, 11) is 0. The van der Waals surface area contributed by atoms with Gasteiger partial charge >= 0.3 is 0 Å². The van der Waals surface area contributed by atoms with Gasteiger partial charge in [-0.2, -0.15) is 0 Å². The van der Waals surface area contributed by atoms with Gasteiger partial charge in [-0.25, -0.2) is 0 Å². The van der Waals surface area contributed by atoms with Crippen LogP contribution >= 0.6 is 0 Å². The number of rotatable bonds is 1. The lowest BCUT2D eigenvalue weighted by Crippen LogP contribution is -2.35. The van der Waals surface area contributed by atoms with Crippen molar-refractivity contribution in [3.8, 4) is 0 Å². The molecule has 0 radical (unpaired) electrons. The average molecular weight is 194 g/mol. The fourth-order valence-corrected chi connectivity index (χ4v) is 4.43. The van der Waals surface area contributed by atoms with Gasteiger partial charge in [-0.05, 0) is 50.4 Å². The van der Waals surface area contributed by atoms with Gasteiger partial charge in [0.2, 0.25) is 0 Å². The molecular weight excluding hydrogens is 172 g/mol. The van der Waals surface area contributed by atoms with Gasteiger partial charge in [-0.1, -0.05) is 19.8 Å². The molecule has 0 bridgehead atoms. The van der Waals surface area contributed by atoms with Crippen LogP contribution in [-0.2, 0) is 4.74 Å². The summed E-state index contributed by atoms with van der Waals surface area (Å²) in [4.78, 5) is 0. The van der Waals surface area contributed by atoms with E-state index >= 15 is 0 Å². The van der Waals surface area contributed by atoms with Crippen LogP contribution in [0.15, 0.2) is 0 Å². The second-order valence-corrected chi connectivity index (χ2v) is 5.99. The number of ether oxygens (including phenoxy) is 1. The van der Waals surface area contributed by atoms with Gasteiger partial charge in [0.05, 0.1) is 11.7 Å². The zero-order valence-corrected chi connectivity index (χ0v) is 9.51. The Morgan fingerprint density at radius 3 is 2.86 bits per heavy atom. The summed E-state index contributed by atoms with van der Waals surface area (Å²) in [5, 5.41) is 0. The van der Waals surface area contributed by atoms with E-state index in [-0.39, 0.29) is 0 Å². The Labute approximate surface area is 87.2 Å². The van der Waals surface area contributed by atoms with Crippen LogP contribution in [0.1, 0.15) is 58.8 Å². The van der Waals surface area contributed by atoms with E-state index in [9.17, 15) is 0 Å². The van der Waals surface area contributed by atoms with E-state index in [1.54, 1.807) is 0 Å². The minimum Gasteiger partial charge on any atom is -0.366 e. The first-order valence-corrected chi connectivity index (χ1v) is 6.36. The van der Waals surface area contributed by atoms with Gasteiger partial charge in [-0.3, -0.25) is 0 Å². The largest absolute Gasteiger partial charge is 0.366 e. The summed E-state index contributed by atoms with van der Waals surface area (Å²) in [6.45, 7) is 4.71. The van der Waals surface area contributed by atoms with E-state index in [1.165, 1.54) is 44.9 Å². The zero-order valence-electron chi connectivity index (χ0n) is 9.51. The highest BCUT2D eigenvalue weighted by atomic mass is 16.6. The van der Waals surface area contributed by atoms with E-state index in [1.807, 2.05) is 0 Å². The van der Waals surface area contributed by atoms with Crippen LogP contribution in [0, 0.1) is 11.3 Å². The molecule has 3 aliphatic rings. The standard InChI is InChI=1S/C13H22O/c1-3-10-5-4-7-13(10)8-6-11-12(2,9-13)14-11/h10-11H,3-9H2,1-2H3. The molecule has 0 aromatic heterocycles. The van der Waals surface area contributed by atoms with E-state index in [4.69, 9.17) is 4.74 Å². The number of hydrogen-bond donors (Lipinski definition) is 0. The van der Waals surface area contributed by atoms with Crippen LogP contribution < -0.4 is 0 Å². The predicted molar refractivity (Wildman–Crippen MR) is 57.2 cm³/mol. The molecule has 1 nitrogen and oxygen atoms in total. The van der Waals surface area contributed by atoms with Gasteiger partial charge in [0.1, 0.15) is 0 Å². The van der Waals surface area contributed by atoms with Crippen molar-refractivity contribution in [1.29, 1.82) is 0 Å². The normalized spacial score (nSPS) is 56.1. The van der Waals surface area contributed by atoms with Gasteiger partial charge in [0.15, 0.2) is 0 Å². The van der Waals surface area contributed by atoms with Crippen LogP contribution in [0.4, 0.5) is 0 Å². The molecule has 0 aromatic carbocycles. The third kappa shape index (κ3) is 1.11. The summed E-state index contributed by atoms with van der Waals surface area (Å²) in [6, 6.07) is 0. The molecule has 2 saturated carbocycles. The molecule has 3 fully saturated rings. The second-order valence-electron chi connectivity index (χ2n) is 5.99. The molecule has 0 N–H and O–H groups in total. The first-order valence-electron chi connectivity index (χ1n) is 6.36. The predicted octanol–water partition coefficient (Wildman–Crippen LogP) is 3.52. The van der Waals surface area contributed by atoms with Crippen LogP contribution in [0.2, 0.25) is 0 Å². The Morgan fingerprint density at radius 2 is 2.14 bits per heavy atom. The van der Waals surface area contributed by atoms with Crippen molar-refractivity contribution >= 4 is 0 Å². The number of hydrogen-bond acceptors (Lipinski definition) is 1. The summed E-state index contributed by atoms with van der Waals surface area (Å²) in [6.07, 6.45) is 10.6. The van der Waals surface area contributed by atoms with Gasteiger partial charge < -0.3 is 4.74 Å². The third-order valence-corrected chi connectivity index (χ3v) is 5.23. The quantitative estimate of drug-likeness (QED) is 0.582. The van der Waals surface area contributed by atoms with Crippen molar-refractivity contribution < 1.29 is 4.74 Å². The van der Waals surface area contributed by atoms with Gasteiger partial charge in [-0.15, -0.1) is 0 Å². The van der Waals surface area contributed by atoms with Crippen LogP contribution in [-0.4, -0.2) is 11.7 Å². The van der Waals surface area contributed by atoms with E-state index in [0.29, 0.717) is 17.1 Å². The Balaban J connectivity index is 1.82. The number of fused-ring (bicyclic) bond motifs is 1. The molecule has 14 heavy (non-hydrogen) atoms. The SMILES string of the molecule is CCC1CCCC12CCC1OC1(C)C2. The summed E-state index contributed by atoms with van der Waals surface area (Å²) >= 11 is 0. The smallest absolute Gasteiger partial charge is 0.0925 e. The highest BCUT2D eigenvalue weighted by Gasteiger charge is 2.61. The maximum Gasteiger partial charge on any atom is 0.0925 e. The van der Waals surface area contributed by atoms with E-state index in [2.05, 4.69) is 13.8 Å². The highest BCUT2D eigenvalue weighted by molar-refractivity contribution is 5.10. The zero-order chi connectivity index (χ0) is 9.81. The molecule has 0 aromatic rings. The molecule has 1 heteroatoms. The highest BCUT2D eigenvalue weighted by Crippen LogP contribution is 2.62. The van der Waals surface area contributed by atoms with Crippen molar-refractivity contribution in [1.82, 2.24) is 0 Å². The van der Waals surface area contributed by atoms with Crippen molar-refractivity contribution in [3.63, 3.8) is 0 Å². The molecular formula is C13H22O. The Kier molecular flexibility index (Phi) is 1.81. The van der Waals surface area contributed by atoms with Crippen molar-refractivity contribution in [2.24, 2.45) is 11.3 Å². The average Bonchev–Trinajstić information content (AvgIpc) is 2.66. The molecule has 1 saturated heterocycles. The van der Waals surface area contributed by atoms with Crippen molar-refractivity contribution in [2.75, 3.05) is 0 Å². The molecule has 0 amide bonds. The molecule has 3 rings (SSSR count). The Hall–Kier alpha value is -0.0400. The van der Waals surface area contributed by atoms with Crippen molar-refractivity contribution in [3.05, 3.63) is 0 Å². The van der Waals surface area contributed by atoms with Gasteiger partial charge in [0, 0.05) is 0 Å². The summed E-state index contributed by atoms with van der Waals surface area (Å²) < 4.78 is 5.84. The molecule has 4 unspecified atom stereocenters. The topological polar surface area (TPSA) is 12.5 Å². The van der Waals surface area contributed by atoms with E-state index < -0.39 is 0 Å². The summed E-state index contributed by atoms with van der Waals surface area (Å²) in [5.41, 5.74) is 0.993. The maximum absolute atomic E-state index is 5.84. The van der Waals surface area contributed by atoms with Crippen LogP contribution in [0.5, 0.6) is 0 Å². The van der Waals surface area contributed by atoms with Crippen LogP contribution in [0.3, 0.4) is 0 Å². The fraction of sp³-hybridized carbons (Fsp3) is 1.00. The van der Waals surface area contributed by atoms with Gasteiger partial charge in [0.25, 0.3) is 0 Å². The minimum absolute atomic E-state index is 0.302. The number of epoxide rings is 1. The maximum atomic E-state index is 5.84. The van der Waals surface area contributed by atoms with Crippen LogP contribution in [0.25, 0.3) is 0 Å². The lowest BCUT2D eigenvalue weighted by Gasteiger charge is -2.39. The monoisotopic (exact) mass is 194 g/mol. The molecule has 1 aliphatic heterocycles. The molecule has 4 atom stereocenters. The lowest BCUT2D eigenvalue weighted by atomic mass is 9.64. The minimum atomic E-state index is 0.302. The molecule has 1 spiro atoms. The fourth-order valence-electron chi connectivity index (χ4n) is 4.43. The van der Waals surface area contributed by atoms with E-state index in [0.717, 1.165) is 5.92 Å². The first-order chi connectivity index (χ1) is 6.69. The second kappa shape index (κ2) is 2.75. The lowest BCUT2D eigenvalue weighted by molar-refractivity contribution is 0.108.